The molecule has 0 aliphatic heterocycles. The van der Waals surface area contributed by atoms with Crippen molar-refractivity contribution in [2.24, 2.45) is 0 Å². The molecule has 0 N–H and O–H groups in total. The van der Waals surface area contributed by atoms with Gasteiger partial charge in [-0.05, 0) is 36.1 Å². The number of nitrogens with zero attached hydrogens (tertiary/aromatic N) is 3. The number of hydrogen-bond donors (Lipinski definition) is 0. The average molecular weight is 408 g/mol. The first-order valence-electron chi connectivity index (χ1n) is 10.2. The van der Waals surface area contributed by atoms with Crippen LogP contribution in [0.4, 0.5) is 0 Å². The maximum atomic E-state index is 13.0. The standard InChI is InChI=1S/C24H29N3O3/c1-29-22-11-9-21(17-23(22)30-2)18-27(15-6-14-26-16-13-25-19-26)24(28)12-10-20-7-4-3-5-8-20/h3-5,7-9,11,13,16-17,19H,6,10,12,14-15,18H2,1-2H3. The van der Waals surface area contributed by atoms with Crippen molar-refractivity contribution in [3.63, 3.8) is 0 Å². The van der Waals surface area contributed by atoms with Crippen LogP contribution in [-0.4, -0.2) is 41.1 Å². The summed E-state index contributed by atoms with van der Waals surface area (Å²) in [7, 11) is 3.24. The first-order chi connectivity index (χ1) is 14.7. The van der Waals surface area contributed by atoms with E-state index in [2.05, 4.69) is 17.1 Å². The second kappa shape index (κ2) is 11.0. The van der Waals surface area contributed by atoms with Gasteiger partial charge in [-0.1, -0.05) is 36.4 Å². The van der Waals surface area contributed by atoms with E-state index in [4.69, 9.17) is 9.47 Å². The van der Waals surface area contributed by atoms with Crippen LogP contribution in [0.3, 0.4) is 0 Å². The van der Waals surface area contributed by atoms with Gasteiger partial charge in [-0.2, -0.15) is 0 Å². The number of aromatic nitrogens is 2. The van der Waals surface area contributed by atoms with Crippen LogP contribution in [0.2, 0.25) is 0 Å². The van der Waals surface area contributed by atoms with Crippen LogP contribution in [-0.2, 0) is 24.3 Å². The zero-order valence-corrected chi connectivity index (χ0v) is 17.7. The molecule has 2 aromatic carbocycles. The van der Waals surface area contributed by atoms with Crippen molar-refractivity contribution in [2.75, 3.05) is 20.8 Å². The summed E-state index contributed by atoms with van der Waals surface area (Å²) in [4.78, 5) is 19.1. The van der Waals surface area contributed by atoms with Crippen molar-refractivity contribution in [1.29, 1.82) is 0 Å². The van der Waals surface area contributed by atoms with E-state index < -0.39 is 0 Å². The van der Waals surface area contributed by atoms with Crippen molar-refractivity contribution in [3.8, 4) is 11.5 Å². The first-order valence-corrected chi connectivity index (χ1v) is 10.2. The fourth-order valence-electron chi connectivity index (χ4n) is 3.41. The Hall–Kier alpha value is -3.28. The first kappa shape index (κ1) is 21.4. The van der Waals surface area contributed by atoms with E-state index in [0.29, 0.717) is 31.0 Å². The molecule has 6 heteroatoms. The van der Waals surface area contributed by atoms with E-state index in [1.807, 2.05) is 52.1 Å². The van der Waals surface area contributed by atoms with Crippen molar-refractivity contribution in [3.05, 3.63) is 78.4 Å². The molecule has 0 fully saturated rings. The summed E-state index contributed by atoms with van der Waals surface area (Å²) < 4.78 is 12.8. The number of methoxy groups -OCH3 is 2. The second-order valence-corrected chi connectivity index (χ2v) is 7.14. The predicted molar refractivity (Wildman–Crippen MR) is 117 cm³/mol. The quantitative estimate of drug-likeness (QED) is 0.483. The number of aryl methyl sites for hydroxylation is 2. The molecule has 0 atom stereocenters. The summed E-state index contributed by atoms with van der Waals surface area (Å²) in [6.45, 7) is 2.05. The van der Waals surface area contributed by atoms with Crippen LogP contribution in [0, 0.1) is 0 Å². The minimum Gasteiger partial charge on any atom is -0.493 e. The van der Waals surface area contributed by atoms with Gasteiger partial charge in [-0.15, -0.1) is 0 Å². The molecular formula is C24H29N3O3. The molecule has 0 unspecified atom stereocenters. The number of imidazole rings is 1. The van der Waals surface area contributed by atoms with Crippen LogP contribution < -0.4 is 9.47 Å². The van der Waals surface area contributed by atoms with Gasteiger partial charge in [-0.3, -0.25) is 4.79 Å². The number of rotatable bonds is 11. The van der Waals surface area contributed by atoms with Crippen LogP contribution in [0.5, 0.6) is 11.5 Å². The van der Waals surface area contributed by atoms with E-state index in [1.165, 1.54) is 5.56 Å². The lowest BCUT2D eigenvalue weighted by Crippen LogP contribution is -2.32. The lowest BCUT2D eigenvalue weighted by molar-refractivity contribution is -0.131. The SMILES string of the molecule is COc1ccc(CN(CCCn2ccnc2)C(=O)CCc2ccccc2)cc1OC. The molecule has 1 heterocycles. The average Bonchev–Trinajstić information content (AvgIpc) is 3.31. The molecule has 0 spiro atoms. The maximum Gasteiger partial charge on any atom is 0.223 e. The van der Waals surface area contributed by atoms with Gasteiger partial charge in [0.05, 0.1) is 20.5 Å². The monoisotopic (exact) mass is 407 g/mol. The minimum atomic E-state index is 0.152. The molecule has 1 amide bonds. The van der Waals surface area contributed by atoms with Gasteiger partial charge in [0.2, 0.25) is 5.91 Å². The van der Waals surface area contributed by atoms with Crippen LogP contribution in [0.25, 0.3) is 0 Å². The molecule has 1 aromatic heterocycles. The van der Waals surface area contributed by atoms with Gasteiger partial charge >= 0.3 is 0 Å². The van der Waals surface area contributed by atoms with Gasteiger partial charge in [-0.25, -0.2) is 4.98 Å². The van der Waals surface area contributed by atoms with E-state index in [1.54, 1.807) is 26.7 Å². The summed E-state index contributed by atoms with van der Waals surface area (Å²) in [5.41, 5.74) is 2.19. The van der Waals surface area contributed by atoms with Gasteiger partial charge < -0.3 is 18.9 Å². The zero-order chi connectivity index (χ0) is 21.2. The summed E-state index contributed by atoms with van der Waals surface area (Å²) in [5.74, 6) is 1.51. The molecule has 3 rings (SSSR count). The van der Waals surface area contributed by atoms with Crippen molar-refractivity contribution in [1.82, 2.24) is 14.5 Å². The Kier molecular flexibility index (Phi) is 7.89. The highest BCUT2D eigenvalue weighted by Gasteiger charge is 2.15. The van der Waals surface area contributed by atoms with E-state index in [-0.39, 0.29) is 5.91 Å². The topological polar surface area (TPSA) is 56.6 Å². The van der Waals surface area contributed by atoms with Crippen LogP contribution in [0.15, 0.2) is 67.3 Å². The molecule has 3 aromatic rings. The summed E-state index contributed by atoms with van der Waals surface area (Å²) in [6.07, 6.45) is 7.60. The normalized spacial score (nSPS) is 10.6. The van der Waals surface area contributed by atoms with Gasteiger partial charge in [0.1, 0.15) is 0 Å². The Morgan fingerprint density at radius 1 is 1.03 bits per heavy atom. The second-order valence-electron chi connectivity index (χ2n) is 7.14. The molecule has 158 valence electrons. The Morgan fingerprint density at radius 2 is 1.83 bits per heavy atom. The predicted octanol–water partition coefficient (Wildman–Crippen LogP) is 3.95. The van der Waals surface area contributed by atoms with Crippen molar-refractivity contribution < 1.29 is 14.3 Å². The molecule has 0 saturated heterocycles. The molecule has 6 nitrogen and oxygen atoms in total. The lowest BCUT2D eigenvalue weighted by atomic mass is 10.1. The molecule has 0 radical (unpaired) electrons. The maximum absolute atomic E-state index is 13.0. The highest BCUT2D eigenvalue weighted by molar-refractivity contribution is 5.76. The van der Waals surface area contributed by atoms with Crippen molar-refractivity contribution in [2.45, 2.75) is 32.4 Å². The minimum absolute atomic E-state index is 0.152. The van der Waals surface area contributed by atoms with Gasteiger partial charge in [0, 0.05) is 38.4 Å². The molecule has 0 aliphatic rings. The lowest BCUT2D eigenvalue weighted by Gasteiger charge is -2.24. The van der Waals surface area contributed by atoms with Crippen molar-refractivity contribution >= 4 is 5.91 Å². The number of amides is 1. The Bertz CT molecular complexity index is 911. The summed E-state index contributed by atoms with van der Waals surface area (Å²) >= 11 is 0. The Labute approximate surface area is 178 Å². The molecule has 0 saturated carbocycles. The number of benzene rings is 2. The fourth-order valence-corrected chi connectivity index (χ4v) is 3.41. The largest absolute Gasteiger partial charge is 0.493 e. The third-order valence-corrected chi connectivity index (χ3v) is 5.05. The molecule has 0 aliphatic carbocycles. The zero-order valence-electron chi connectivity index (χ0n) is 17.7. The number of ether oxygens (including phenoxy) is 2. The smallest absolute Gasteiger partial charge is 0.223 e. The Balaban J connectivity index is 1.66. The molecule has 0 bridgehead atoms. The van der Waals surface area contributed by atoms with E-state index in [9.17, 15) is 4.79 Å². The Morgan fingerprint density at radius 3 is 2.53 bits per heavy atom. The van der Waals surface area contributed by atoms with E-state index in [0.717, 1.165) is 24.9 Å². The molecular weight excluding hydrogens is 378 g/mol. The highest BCUT2D eigenvalue weighted by Crippen LogP contribution is 2.28. The number of carbonyl (C=O) groups excluding carboxylic acids is 1. The van der Waals surface area contributed by atoms with Gasteiger partial charge in [0.25, 0.3) is 0 Å². The third kappa shape index (κ3) is 6.11. The number of hydrogen-bond acceptors (Lipinski definition) is 4. The van der Waals surface area contributed by atoms with Crippen LogP contribution in [0.1, 0.15) is 24.0 Å². The van der Waals surface area contributed by atoms with Crippen LogP contribution >= 0.6 is 0 Å². The summed E-state index contributed by atoms with van der Waals surface area (Å²) in [5, 5.41) is 0. The number of carbonyl (C=O) groups is 1. The van der Waals surface area contributed by atoms with Gasteiger partial charge in [0.15, 0.2) is 11.5 Å². The summed E-state index contributed by atoms with van der Waals surface area (Å²) in [6, 6.07) is 15.9. The third-order valence-electron chi connectivity index (χ3n) is 5.05. The van der Waals surface area contributed by atoms with E-state index >= 15 is 0 Å². The molecule has 30 heavy (non-hydrogen) atoms. The fraction of sp³-hybridized carbons (Fsp3) is 0.333. The highest BCUT2D eigenvalue weighted by atomic mass is 16.5.